The van der Waals surface area contributed by atoms with Crippen molar-refractivity contribution in [1.82, 2.24) is 10.2 Å². The highest BCUT2D eigenvalue weighted by Gasteiger charge is 2.39. The number of alkyl halides is 1. The van der Waals surface area contributed by atoms with Gasteiger partial charge in [-0.2, -0.15) is 0 Å². The fourth-order valence-corrected chi connectivity index (χ4v) is 3.33. The molecule has 28 heavy (non-hydrogen) atoms. The summed E-state index contributed by atoms with van der Waals surface area (Å²) in [5.41, 5.74) is 0.180. The van der Waals surface area contributed by atoms with E-state index < -0.39 is 30.0 Å². The van der Waals surface area contributed by atoms with Gasteiger partial charge in [0.25, 0.3) is 0 Å². The fraction of sp³-hybridized carbons (Fsp3) is 0.579. The molecular formula is C19H25Cl2FN2O4. The van der Waals surface area contributed by atoms with Gasteiger partial charge in [0.05, 0.1) is 23.8 Å². The molecule has 1 aliphatic rings. The van der Waals surface area contributed by atoms with Crippen molar-refractivity contribution in [2.45, 2.75) is 33.0 Å². The molecule has 1 heterocycles. The third kappa shape index (κ3) is 5.72. The number of benzene rings is 1. The third-order valence-corrected chi connectivity index (χ3v) is 5.32. The summed E-state index contributed by atoms with van der Waals surface area (Å²) < 4.78 is 20.4. The Balaban J connectivity index is 2.43. The summed E-state index contributed by atoms with van der Waals surface area (Å²) in [5, 5.41) is 12.3. The van der Waals surface area contributed by atoms with Crippen molar-refractivity contribution in [3.05, 3.63) is 34.6 Å². The molecule has 9 heteroatoms. The highest BCUT2D eigenvalue weighted by atomic mass is 35.5. The van der Waals surface area contributed by atoms with E-state index in [0.29, 0.717) is 5.56 Å². The summed E-state index contributed by atoms with van der Waals surface area (Å²) in [6, 6.07) is 4.39. The van der Waals surface area contributed by atoms with Gasteiger partial charge in [-0.3, -0.25) is 4.79 Å². The molecule has 2 amide bonds. The highest BCUT2D eigenvalue weighted by molar-refractivity contribution is 6.30. The van der Waals surface area contributed by atoms with Gasteiger partial charge in [0.2, 0.25) is 5.91 Å². The zero-order chi connectivity index (χ0) is 21.1. The van der Waals surface area contributed by atoms with E-state index in [9.17, 15) is 19.1 Å². The molecule has 0 bridgehead atoms. The quantitative estimate of drug-likeness (QED) is 0.703. The van der Waals surface area contributed by atoms with E-state index in [1.165, 1.54) is 17.0 Å². The molecule has 1 aliphatic heterocycles. The van der Waals surface area contributed by atoms with Crippen LogP contribution in [0.5, 0.6) is 0 Å². The van der Waals surface area contributed by atoms with Gasteiger partial charge in [0, 0.05) is 19.0 Å². The number of amides is 2. The first kappa shape index (κ1) is 22.7. The lowest BCUT2D eigenvalue weighted by molar-refractivity contribution is -0.119. The maximum atomic E-state index is 14.1. The van der Waals surface area contributed by atoms with E-state index >= 15 is 0 Å². The average Bonchev–Trinajstić information content (AvgIpc) is 2.82. The molecule has 156 valence electrons. The number of hydrogen-bond acceptors (Lipinski definition) is 3. The topological polar surface area (TPSA) is 78.9 Å². The van der Waals surface area contributed by atoms with Gasteiger partial charge in [0.15, 0.2) is 0 Å². The van der Waals surface area contributed by atoms with Crippen molar-refractivity contribution < 1.29 is 23.8 Å². The van der Waals surface area contributed by atoms with Crippen molar-refractivity contribution in [2.75, 3.05) is 25.5 Å². The van der Waals surface area contributed by atoms with E-state index in [0.717, 1.165) is 0 Å². The van der Waals surface area contributed by atoms with E-state index in [-0.39, 0.29) is 41.9 Å². The lowest BCUT2D eigenvalue weighted by atomic mass is 9.88. The van der Waals surface area contributed by atoms with E-state index in [2.05, 4.69) is 5.32 Å². The predicted molar refractivity (Wildman–Crippen MR) is 105 cm³/mol. The number of rotatable bonds is 4. The minimum absolute atomic E-state index is 0.0103. The number of carbonyl (C=O) groups is 2. The maximum absolute atomic E-state index is 14.1. The van der Waals surface area contributed by atoms with E-state index in [4.69, 9.17) is 27.9 Å². The smallest absolute Gasteiger partial charge is 0.407 e. The second-order valence-corrected chi connectivity index (χ2v) is 8.64. The summed E-state index contributed by atoms with van der Waals surface area (Å²) >= 11 is 11.3. The van der Waals surface area contributed by atoms with E-state index in [1.54, 1.807) is 6.07 Å². The Morgan fingerprint density at radius 3 is 2.57 bits per heavy atom. The minimum Gasteiger partial charge on any atom is -0.465 e. The standard InChI is InChI=1S/C19H25Cl2FN2O4/c1-19(2,3)15-10-24(18(26)27)9-12(8-23-16(25)7-20)17(28-15)11-4-5-13(21)14(22)6-11/h4-6,12,15,17H,7-10H2,1-3H3,(H,23,25)(H,26,27)/t12-,15?,17+/m1/s1. The summed E-state index contributed by atoms with van der Waals surface area (Å²) in [6.07, 6.45) is -2.13. The van der Waals surface area contributed by atoms with Gasteiger partial charge < -0.3 is 20.1 Å². The Hall–Kier alpha value is -1.57. The van der Waals surface area contributed by atoms with Crippen LogP contribution >= 0.6 is 23.2 Å². The first-order valence-electron chi connectivity index (χ1n) is 8.94. The molecule has 3 atom stereocenters. The molecule has 0 spiro atoms. The number of halogens is 3. The van der Waals surface area contributed by atoms with Crippen LogP contribution in [0.15, 0.2) is 18.2 Å². The second kappa shape index (κ2) is 9.29. The molecule has 1 fully saturated rings. The summed E-state index contributed by atoms with van der Waals surface area (Å²) in [4.78, 5) is 24.7. The third-order valence-electron chi connectivity index (χ3n) is 4.77. The number of carbonyl (C=O) groups excluding carboxylic acids is 1. The van der Waals surface area contributed by atoms with E-state index in [1.807, 2.05) is 20.8 Å². The van der Waals surface area contributed by atoms with Crippen LogP contribution in [0.1, 0.15) is 32.4 Å². The molecule has 1 aromatic carbocycles. The van der Waals surface area contributed by atoms with Gasteiger partial charge in [-0.05, 0) is 23.1 Å². The van der Waals surface area contributed by atoms with Gasteiger partial charge in [0.1, 0.15) is 11.7 Å². The van der Waals surface area contributed by atoms with Crippen molar-refractivity contribution in [2.24, 2.45) is 11.3 Å². The molecule has 0 radical (unpaired) electrons. The summed E-state index contributed by atoms with van der Waals surface area (Å²) in [5.74, 6) is -1.60. The molecule has 0 saturated carbocycles. The first-order chi connectivity index (χ1) is 13.0. The molecule has 1 saturated heterocycles. The molecular weight excluding hydrogens is 410 g/mol. The summed E-state index contributed by atoms with van der Waals surface area (Å²) in [6.45, 7) is 6.29. The monoisotopic (exact) mass is 434 g/mol. The Labute approximate surface area is 173 Å². The van der Waals surface area contributed by atoms with Crippen molar-refractivity contribution in [3.63, 3.8) is 0 Å². The first-order valence-corrected chi connectivity index (χ1v) is 9.85. The molecule has 2 N–H and O–H groups in total. The minimum atomic E-state index is -1.07. The van der Waals surface area contributed by atoms with Crippen LogP contribution in [0.4, 0.5) is 9.18 Å². The Kier molecular flexibility index (Phi) is 7.53. The van der Waals surface area contributed by atoms with Gasteiger partial charge in [-0.15, -0.1) is 11.6 Å². The Morgan fingerprint density at radius 2 is 2.04 bits per heavy atom. The van der Waals surface area contributed by atoms with Gasteiger partial charge >= 0.3 is 6.09 Å². The van der Waals surface area contributed by atoms with Crippen molar-refractivity contribution in [3.8, 4) is 0 Å². The molecule has 0 aliphatic carbocycles. The predicted octanol–water partition coefficient (Wildman–Crippen LogP) is 3.92. The van der Waals surface area contributed by atoms with Crippen LogP contribution in [0.2, 0.25) is 5.02 Å². The molecule has 0 aromatic heterocycles. The van der Waals surface area contributed by atoms with Crippen LogP contribution in [0.3, 0.4) is 0 Å². The normalized spacial score (nSPS) is 23.2. The zero-order valence-corrected chi connectivity index (χ0v) is 17.6. The van der Waals surface area contributed by atoms with Crippen LogP contribution in [0.25, 0.3) is 0 Å². The largest absolute Gasteiger partial charge is 0.465 e. The van der Waals surface area contributed by atoms with Crippen LogP contribution in [0, 0.1) is 17.2 Å². The number of nitrogens with zero attached hydrogens (tertiary/aromatic N) is 1. The lowest BCUT2D eigenvalue weighted by Gasteiger charge is -2.34. The van der Waals surface area contributed by atoms with Gasteiger partial charge in [-0.25, -0.2) is 9.18 Å². The van der Waals surface area contributed by atoms with Crippen LogP contribution in [-0.2, 0) is 9.53 Å². The highest BCUT2D eigenvalue weighted by Crippen LogP contribution is 2.37. The maximum Gasteiger partial charge on any atom is 0.407 e. The average molecular weight is 435 g/mol. The molecule has 1 unspecified atom stereocenters. The van der Waals surface area contributed by atoms with Crippen molar-refractivity contribution >= 4 is 35.2 Å². The number of ether oxygens (including phenoxy) is 1. The second-order valence-electron chi connectivity index (χ2n) is 7.97. The number of nitrogens with one attached hydrogen (secondary N) is 1. The Morgan fingerprint density at radius 1 is 1.36 bits per heavy atom. The number of carboxylic acid groups (broad SMARTS) is 1. The van der Waals surface area contributed by atoms with Gasteiger partial charge in [-0.1, -0.05) is 38.4 Å². The SMILES string of the molecule is CC(C)(C)C1CN(C(=O)O)C[C@@H](CNC(=O)CCl)[C@H](c2ccc(Cl)c(F)c2)O1. The zero-order valence-electron chi connectivity index (χ0n) is 16.0. The van der Waals surface area contributed by atoms with Crippen molar-refractivity contribution in [1.29, 1.82) is 0 Å². The Bertz CT molecular complexity index is 726. The lowest BCUT2D eigenvalue weighted by Crippen LogP contribution is -2.43. The van der Waals surface area contributed by atoms with Crippen LogP contribution < -0.4 is 5.32 Å². The fourth-order valence-electron chi connectivity index (χ4n) is 3.12. The molecule has 1 aromatic rings. The summed E-state index contributed by atoms with van der Waals surface area (Å²) in [7, 11) is 0. The molecule has 6 nitrogen and oxygen atoms in total. The molecule has 2 rings (SSSR count). The van der Waals surface area contributed by atoms with Crippen LogP contribution in [-0.4, -0.2) is 53.6 Å². The number of hydrogen-bond donors (Lipinski definition) is 2.